The quantitative estimate of drug-likeness (QED) is 0.407. The van der Waals surface area contributed by atoms with Crippen molar-refractivity contribution >= 4 is 16.9 Å². The molecular formula is C26H27N3O3. The van der Waals surface area contributed by atoms with Gasteiger partial charge in [0.15, 0.2) is 0 Å². The van der Waals surface area contributed by atoms with Crippen LogP contribution in [0.4, 0.5) is 0 Å². The van der Waals surface area contributed by atoms with Gasteiger partial charge < -0.3 is 19.8 Å². The monoisotopic (exact) mass is 429 g/mol. The van der Waals surface area contributed by atoms with E-state index in [0.29, 0.717) is 30.8 Å². The van der Waals surface area contributed by atoms with Crippen LogP contribution in [0, 0.1) is 0 Å². The van der Waals surface area contributed by atoms with Gasteiger partial charge in [-0.25, -0.2) is 4.98 Å². The number of fused-ring (bicyclic) bond motifs is 1. The van der Waals surface area contributed by atoms with Crippen LogP contribution in [0.15, 0.2) is 72.8 Å². The van der Waals surface area contributed by atoms with Crippen molar-refractivity contribution in [1.82, 2.24) is 15.3 Å². The second-order valence-corrected chi connectivity index (χ2v) is 7.67. The molecule has 3 aromatic carbocycles. The summed E-state index contributed by atoms with van der Waals surface area (Å²) in [6, 6.07) is 23.4. The lowest BCUT2D eigenvalue weighted by atomic mass is 10.0. The molecule has 0 bridgehead atoms. The normalized spacial score (nSPS) is 11.8. The first-order valence-corrected chi connectivity index (χ1v) is 10.6. The van der Waals surface area contributed by atoms with Crippen LogP contribution in [0.25, 0.3) is 11.0 Å². The number of methoxy groups -OCH3 is 2. The molecule has 32 heavy (non-hydrogen) atoms. The number of para-hydroxylation sites is 2. The van der Waals surface area contributed by atoms with E-state index >= 15 is 0 Å². The Labute approximate surface area is 187 Å². The lowest BCUT2D eigenvalue weighted by Gasteiger charge is -2.17. The maximum absolute atomic E-state index is 12.9. The van der Waals surface area contributed by atoms with Gasteiger partial charge in [0.05, 0.1) is 31.3 Å². The second kappa shape index (κ2) is 10.0. The van der Waals surface area contributed by atoms with Gasteiger partial charge in [-0.05, 0) is 48.2 Å². The molecule has 1 aromatic heterocycles. The van der Waals surface area contributed by atoms with E-state index in [2.05, 4.69) is 22.4 Å². The number of amides is 1. The minimum Gasteiger partial charge on any atom is -0.497 e. The van der Waals surface area contributed by atoms with Gasteiger partial charge in [-0.2, -0.15) is 0 Å². The van der Waals surface area contributed by atoms with E-state index in [1.165, 1.54) is 0 Å². The number of rotatable bonds is 9. The summed E-state index contributed by atoms with van der Waals surface area (Å²) in [6.07, 6.45) is 1.58. The lowest BCUT2D eigenvalue weighted by molar-refractivity contribution is -0.121. The highest BCUT2D eigenvalue weighted by Crippen LogP contribution is 2.24. The number of carbonyl (C=O) groups is 1. The molecule has 0 unspecified atom stereocenters. The summed E-state index contributed by atoms with van der Waals surface area (Å²) in [5.41, 5.74) is 3.96. The molecule has 6 nitrogen and oxygen atoms in total. The van der Waals surface area contributed by atoms with Crippen LogP contribution in [-0.4, -0.2) is 30.1 Å². The largest absolute Gasteiger partial charge is 0.497 e. The van der Waals surface area contributed by atoms with Crippen molar-refractivity contribution in [1.29, 1.82) is 0 Å². The number of hydrogen-bond donors (Lipinski definition) is 2. The van der Waals surface area contributed by atoms with Crippen molar-refractivity contribution in [3.8, 4) is 11.5 Å². The van der Waals surface area contributed by atoms with Crippen molar-refractivity contribution in [2.75, 3.05) is 14.2 Å². The molecule has 0 aliphatic carbocycles. The van der Waals surface area contributed by atoms with E-state index in [-0.39, 0.29) is 11.9 Å². The minimum atomic E-state index is -0.253. The number of nitrogens with one attached hydrogen (secondary N) is 2. The van der Waals surface area contributed by atoms with Gasteiger partial charge in [-0.1, -0.05) is 42.5 Å². The second-order valence-electron chi connectivity index (χ2n) is 7.67. The number of nitrogens with zero attached hydrogens (tertiary/aromatic N) is 1. The third kappa shape index (κ3) is 5.27. The average molecular weight is 430 g/mol. The molecule has 0 aliphatic heterocycles. The zero-order chi connectivity index (χ0) is 22.3. The van der Waals surface area contributed by atoms with Gasteiger partial charge in [0.1, 0.15) is 17.3 Å². The highest BCUT2D eigenvalue weighted by atomic mass is 16.5. The van der Waals surface area contributed by atoms with Gasteiger partial charge in [0.25, 0.3) is 0 Å². The average Bonchev–Trinajstić information content (AvgIpc) is 3.27. The maximum atomic E-state index is 12.9. The number of ether oxygens (including phenoxy) is 2. The summed E-state index contributed by atoms with van der Waals surface area (Å²) in [5, 5.41) is 3.18. The predicted molar refractivity (Wildman–Crippen MR) is 125 cm³/mol. The molecule has 1 heterocycles. The van der Waals surface area contributed by atoms with Crippen LogP contribution >= 0.6 is 0 Å². The molecule has 0 fully saturated rings. The molecule has 0 spiro atoms. The van der Waals surface area contributed by atoms with Crippen LogP contribution in [0.2, 0.25) is 0 Å². The Bertz CT molecular complexity index is 1130. The van der Waals surface area contributed by atoms with Gasteiger partial charge in [0, 0.05) is 12.5 Å². The number of aromatic nitrogens is 2. The molecule has 1 atom stereocenters. The summed E-state index contributed by atoms with van der Waals surface area (Å²) >= 11 is 0. The Morgan fingerprint density at radius 2 is 1.62 bits per heavy atom. The number of aromatic amines is 1. The number of H-pyrrole nitrogens is 1. The third-order valence-corrected chi connectivity index (χ3v) is 5.41. The highest BCUT2D eigenvalue weighted by molar-refractivity contribution is 5.78. The topological polar surface area (TPSA) is 76.2 Å². The Kier molecular flexibility index (Phi) is 6.70. The van der Waals surface area contributed by atoms with Crippen molar-refractivity contribution < 1.29 is 14.3 Å². The molecule has 0 saturated heterocycles. The van der Waals surface area contributed by atoms with E-state index in [9.17, 15) is 4.79 Å². The molecule has 2 N–H and O–H groups in total. The van der Waals surface area contributed by atoms with Crippen molar-refractivity contribution in [3.05, 3.63) is 89.7 Å². The Morgan fingerprint density at radius 3 is 2.31 bits per heavy atom. The molecular weight excluding hydrogens is 402 g/mol. The molecule has 4 aromatic rings. The van der Waals surface area contributed by atoms with Gasteiger partial charge in [-0.3, -0.25) is 4.79 Å². The van der Waals surface area contributed by atoms with Gasteiger partial charge >= 0.3 is 0 Å². The van der Waals surface area contributed by atoms with Crippen LogP contribution in [-0.2, 0) is 17.6 Å². The summed E-state index contributed by atoms with van der Waals surface area (Å²) in [7, 11) is 3.24. The SMILES string of the molecule is COc1cc(CCC(=O)N[C@H](Cc2ccccc2)c2nc3ccccc3[nH]2)cc(OC)c1. The minimum absolute atomic E-state index is 0.0341. The van der Waals surface area contributed by atoms with Crippen molar-refractivity contribution in [3.63, 3.8) is 0 Å². The van der Waals surface area contributed by atoms with Crippen LogP contribution in [0.5, 0.6) is 11.5 Å². The molecule has 1 amide bonds. The molecule has 4 rings (SSSR count). The number of hydrogen-bond acceptors (Lipinski definition) is 4. The molecule has 164 valence electrons. The standard InChI is InChI=1S/C26H27N3O3/c1-31-20-14-19(15-21(17-20)32-2)12-13-25(30)27-24(16-18-8-4-3-5-9-18)26-28-22-10-6-7-11-23(22)29-26/h3-11,14-15,17,24H,12-13,16H2,1-2H3,(H,27,30)(H,28,29)/t24-/m1/s1. The first-order chi connectivity index (χ1) is 15.6. The molecule has 6 heteroatoms. The van der Waals surface area contributed by atoms with E-state index in [1.54, 1.807) is 14.2 Å². The summed E-state index contributed by atoms with van der Waals surface area (Å²) in [5.74, 6) is 2.15. The zero-order valence-electron chi connectivity index (χ0n) is 18.3. The lowest BCUT2D eigenvalue weighted by Crippen LogP contribution is -2.31. The van der Waals surface area contributed by atoms with Crippen LogP contribution in [0.1, 0.15) is 29.4 Å². The van der Waals surface area contributed by atoms with E-state index in [1.807, 2.05) is 60.7 Å². The van der Waals surface area contributed by atoms with Crippen molar-refractivity contribution in [2.24, 2.45) is 0 Å². The third-order valence-electron chi connectivity index (χ3n) is 5.41. The predicted octanol–water partition coefficient (Wildman–Crippen LogP) is 4.61. The molecule has 0 radical (unpaired) electrons. The van der Waals surface area contributed by atoms with E-state index < -0.39 is 0 Å². The number of benzene rings is 3. The fourth-order valence-electron chi connectivity index (χ4n) is 3.74. The fraction of sp³-hybridized carbons (Fsp3) is 0.231. The summed E-state index contributed by atoms with van der Waals surface area (Å²) < 4.78 is 10.7. The Balaban J connectivity index is 1.49. The van der Waals surface area contributed by atoms with Gasteiger partial charge in [0.2, 0.25) is 5.91 Å². The highest BCUT2D eigenvalue weighted by Gasteiger charge is 2.19. The first kappa shape index (κ1) is 21.4. The van der Waals surface area contributed by atoms with Crippen LogP contribution in [0.3, 0.4) is 0 Å². The number of imidazole rings is 1. The Hall–Kier alpha value is -3.80. The molecule has 0 aliphatic rings. The van der Waals surface area contributed by atoms with E-state index in [0.717, 1.165) is 28.0 Å². The van der Waals surface area contributed by atoms with Crippen molar-refractivity contribution in [2.45, 2.75) is 25.3 Å². The maximum Gasteiger partial charge on any atom is 0.220 e. The fourth-order valence-corrected chi connectivity index (χ4v) is 3.74. The Morgan fingerprint density at radius 1 is 0.938 bits per heavy atom. The number of aryl methyl sites for hydroxylation is 1. The molecule has 0 saturated carbocycles. The smallest absolute Gasteiger partial charge is 0.220 e. The van der Waals surface area contributed by atoms with Gasteiger partial charge in [-0.15, -0.1) is 0 Å². The summed E-state index contributed by atoms with van der Waals surface area (Å²) in [4.78, 5) is 21.0. The first-order valence-electron chi connectivity index (χ1n) is 10.6. The van der Waals surface area contributed by atoms with Crippen LogP contribution < -0.4 is 14.8 Å². The zero-order valence-corrected chi connectivity index (χ0v) is 18.3. The number of carbonyl (C=O) groups excluding carboxylic acids is 1. The summed E-state index contributed by atoms with van der Waals surface area (Å²) in [6.45, 7) is 0. The van der Waals surface area contributed by atoms with E-state index in [4.69, 9.17) is 14.5 Å².